The Balaban J connectivity index is 1.40. The van der Waals surface area contributed by atoms with Crippen LogP contribution in [0, 0.1) is 0 Å². The minimum Gasteiger partial charge on any atom is -0.445 e. The summed E-state index contributed by atoms with van der Waals surface area (Å²) in [6.07, 6.45) is 1.41. The summed E-state index contributed by atoms with van der Waals surface area (Å²) < 4.78 is 7.29. The van der Waals surface area contributed by atoms with E-state index >= 15 is 0 Å². The number of anilines is 1. The molecule has 4 nitrogen and oxygen atoms in total. The minimum atomic E-state index is -0.357. The summed E-state index contributed by atoms with van der Waals surface area (Å²) in [4.78, 5) is 11.8. The number of para-hydroxylation sites is 1. The van der Waals surface area contributed by atoms with E-state index in [9.17, 15) is 4.79 Å². The molecule has 1 aliphatic rings. The SMILES string of the molecule is O=C(NC1CC(Nc2c(Br)cccc2Br)C1)OCc1ccccc1. The topological polar surface area (TPSA) is 50.4 Å². The van der Waals surface area contributed by atoms with Crippen LogP contribution in [-0.4, -0.2) is 18.2 Å². The van der Waals surface area contributed by atoms with E-state index in [2.05, 4.69) is 42.5 Å². The summed E-state index contributed by atoms with van der Waals surface area (Å²) in [5, 5.41) is 6.40. The standard InChI is InChI=1S/C18H18Br2N2O2/c19-15-7-4-8-16(20)17(15)21-13-9-14(10-13)22-18(23)24-11-12-5-2-1-3-6-12/h1-8,13-14,21H,9-11H2,(H,22,23). The summed E-state index contributed by atoms with van der Waals surface area (Å²) >= 11 is 7.09. The zero-order valence-corrected chi connectivity index (χ0v) is 16.1. The average molecular weight is 454 g/mol. The van der Waals surface area contributed by atoms with Crippen LogP contribution in [0.1, 0.15) is 18.4 Å². The van der Waals surface area contributed by atoms with Gasteiger partial charge in [-0.3, -0.25) is 0 Å². The molecular formula is C18H18Br2N2O2. The molecule has 0 spiro atoms. The van der Waals surface area contributed by atoms with Crippen molar-refractivity contribution in [2.45, 2.75) is 31.5 Å². The van der Waals surface area contributed by atoms with Crippen molar-refractivity contribution in [2.75, 3.05) is 5.32 Å². The Labute approximate surface area is 158 Å². The lowest BCUT2D eigenvalue weighted by Gasteiger charge is -2.37. The normalized spacial score (nSPS) is 19.2. The second-order valence-corrected chi connectivity index (χ2v) is 7.52. The molecule has 6 heteroatoms. The molecule has 3 rings (SSSR count). The van der Waals surface area contributed by atoms with Crippen LogP contribution < -0.4 is 10.6 Å². The van der Waals surface area contributed by atoms with Crippen LogP contribution in [0.3, 0.4) is 0 Å². The highest BCUT2D eigenvalue weighted by molar-refractivity contribution is 9.11. The van der Waals surface area contributed by atoms with Gasteiger partial charge in [0.15, 0.2) is 0 Å². The molecule has 0 aromatic heterocycles. The molecule has 2 N–H and O–H groups in total. The van der Waals surface area contributed by atoms with Gasteiger partial charge < -0.3 is 15.4 Å². The van der Waals surface area contributed by atoms with Crippen molar-refractivity contribution in [3.05, 3.63) is 63.0 Å². The van der Waals surface area contributed by atoms with Crippen molar-refractivity contribution in [3.8, 4) is 0 Å². The van der Waals surface area contributed by atoms with E-state index in [0.717, 1.165) is 33.0 Å². The van der Waals surface area contributed by atoms with Gasteiger partial charge in [-0.15, -0.1) is 0 Å². The van der Waals surface area contributed by atoms with Gasteiger partial charge in [-0.05, 0) is 62.4 Å². The number of carbonyl (C=O) groups excluding carboxylic acids is 1. The number of rotatable bonds is 5. The van der Waals surface area contributed by atoms with E-state index in [4.69, 9.17) is 4.74 Å². The average Bonchev–Trinajstić information content (AvgIpc) is 2.54. The van der Waals surface area contributed by atoms with Gasteiger partial charge in [0.1, 0.15) is 6.61 Å². The molecule has 0 atom stereocenters. The highest BCUT2D eigenvalue weighted by Crippen LogP contribution is 2.34. The first-order chi connectivity index (χ1) is 11.6. The van der Waals surface area contributed by atoms with Crippen molar-refractivity contribution < 1.29 is 9.53 Å². The number of amides is 1. The van der Waals surface area contributed by atoms with Crippen LogP contribution in [0.15, 0.2) is 57.5 Å². The molecule has 0 unspecified atom stereocenters. The minimum absolute atomic E-state index is 0.159. The number of nitrogens with one attached hydrogen (secondary N) is 2. The van der Waals surface area contributed by atoms with Crippen LogP contribution in [-0.2, 0) is 11.3 Å². The highest BCUT2D eigenvalue weighted by Gasteiger charge is 2.31. The number of hydrogen-bond acceptors (Lipinski definition) is 3. The zero-order chi connectivity index (χ0) is 16.9. The lowest BCUT2D eigenvalue weighted by Crippen LogP contribution is -2.49. The molecular weight excluding hydrogens is 436 g/mol. The molecule has 1 amide bonds. The molecule has 0 aliphatic heterocycles. The van der Waals surface area contributed by atoms with E-state index in [1.54, 1.807) is 0 Å². The Bertz CT molecular complexity index is 683. The number of carbonyl (C=O) groups is 1. The molecule has 0 heterocycles. The Morgan fingerprint density at radius 1 is 1.00 bits per heavy atom. The van der Waals surface area contributed by atoms with Gasteiger partial charge in [-0.2, -0.15) is 0 Å². The molecule has 0 saturated heterocycles. The van der Waals surface area contributed by atoms with Gasteiger partial charge in [0, 0.05) is 21.0 Å². The van der Waals surface area contributed by atoms with Gasteiger partial charge >= 0.3 is 6.09 Å². The van der Waals surface area contributed by atoms with Gasteiger partial charge in [0.25, 0.3) is 0 Å². The first-order valence-corrected chi connectivity index (χ1v) is 9.38. The summed E-state index contributed by atoms with van der Waals surface area (Å²) in [5.41, 5.74) is 2.03. The van der Waals surface area contributed by atoms with E-state index < -0.39 is 0 Å². The summed E-state index contributed by atoms with van der Waals surface area (Å²) in [5.74, 6) is 0. The largest absolute Gasteiger partial charge is 0.445 e. The van der Waals surface area contributed by atoms with Crippen LogP contribution in [0.4, 0.5) is 10.5 Å². The van der Waals surface area contributed by atoms with Crippen molar-refractivity contribution in [2.24, 2.45) is 0 Å². The Kier molecular flexibility index (Phi) is 5.79. The smallest absolute Gasteiger partial charge is 0.407 e. The third kappa shape index (κ3) is 4.51. The van der Waals surface area contributed by atoms with E-state index in [0.29, 0.717) is 12.6 Å². The third-order valence-corrected chi connectivity index (χ3v) is 5.31. The zero-order valence-electron chi connectivity index (χ0n) is 13.0. The molecule has 1 saturated carbocycles. The monoisotopic (exact) mass is 452 g/mol. The molecule has 0 bridgehead atoms. The van der Waals surface area contributed by atoms with Crippen LogP contribution >= 0.6 is 31.9 Å². The van der Waals surface area contributed by atoms with Crippen molar-refractivity contribution in [3.63, 3.8) is 0 Å². The maximum Gasteiger partial charge on any atom is 0.407 e. The summed E-state index contributed by atoms with van der Waals surface area (Å²) in [6, 6.07) is 16.2. The third-order valence-electron chi connectivity index (χ3n) is 3.98. The molecule has 126 valence electrons. The first kappa shape index (κ1) is 17.3. The fourth-order valence-electron chi connectivity index (χ4n) is 2.62. The Morgan fingerprint density at radius 3 is 2.33 bits per heavy atom. The Morgan fingerprint density at radius 2 is 1.67 bits per heavy atom. The lowest BCUT2D eigenvalue weighted by molar-refractivity contribution is 0.129. The van der Waals surface area contributed by atoms with Gasteiger partial charge in [0.2, 0.25) is 0 Å². The summed E-state index contributed by atoms with van der Waals surface area (Å²) in [7, 11) is 0. The van der Waals surface area contributed by atoms with Crippen LogP contribution in [0.2, 0.25) is 0 Å². The predicted molar refractivity (Wildman–Crippen MR) is 102 cm³/mol. The van der Waals surface area contributed by atoms with Crippen molar-refractivity contribution >= 4 is 43.6 Å². The van der Waals surface area contributed by atoms with Gasteiger partial charge in [-0.1, -0.05) is 36.4 Å². The number of alkyl carbamates (subject to hydrolysis) is 1. The fourth-order valence-corrected chi connectivity index (χ4v) is 3.85. The fraction of sp³-hybridized carbons (Fsp3) is 0.278. The lowest BCUT2D eigenvalue weighted by atomic mass is 9.86. The van der Waals surface area contributed by atoms with Crippen LogP contribution in [0.25, 0.3) is 0 Å². The van der Waals surface area contributed by atoms with E-state index in [-0.39, 0.29) is 12.1 Å². The second-order valence-electron chi connectivity index (χ2n) is 5.81. The second kappa shape index (κ2) is 8.03. The molecule has 0 radical (unpaired) electrons. The Hall–Kier alpha value is -1.53. The number of benzene rings is 2. The molecule has 2 aromatic rings. The number of halogens is 2. The maximum absolute atomic E-state index is 11.8. The van der Waals surface area contributed by atoms with Crippen molar-refractivity contribution in [1.29, 1.82) is 0 Å². The maximum atomic E-state index is 11.8. The van der Waals surface area contributed by atoms with Gasteiger partial charge in [-0.25, -0.2) is 4.79 Å². The predicted octanol–water partition coefficient (Wildman–Crippen LogP) is 5.08. The van der Waals surface area contributed by atoms with Crippen molar-refractivity contribution in [1.82, 2.24) is 5.32 Å². The summed E-state index contributed by atoms with van der Waals surface area (Å²) in [6.45, 7) is 0.297. The van der Waals surface area contributed by atoms with E-state index in [1.807, 2.05) is 48.5 Å². The van der Waals surface area contributed by atoms with Crippen LogP contribution in [0.5, 0.6) is 0 Å². The quantitative estimate of drug-likeness (QED) is 0.663. The highest BCUT2D eigenvalue weighted by atomic mass is 79.9. The molecule has 24 heavy (non-hydrogen) atoms. The number of ether oxygens (including phenoxy) is 1. The molecule has 1 aliphatic carbocycles. The number of hydrogen-bond donors (Lipinski definition) is 2. The van der Waals surface area contributed by atoms with Gasteiger partial charge in [0.05, 0.1) is 5.69 Å². The van der Waals surface area contributed by atoms with E-state index in [1.165, 1.54) is 0 Å². The molecule has 2 aromatic carbocycles. The first-order valence-electron chi connectivity index (χ1n) is 7.79. The molecule has 1 fully saturated rings.